The molecule has 33 heavy (non-hydrogen) atoms. The van der Waals surface area contributed by atoms with Crippen molar-refractivity contribution in [2.24, 2.45) is 0 Å². The van der Waals surface area contributed by atoms with Gasteiger partial charge in [-0.3, -0.25) is 18.6 Å². The summed E-state index contributed by atoms with van der Waals surface area (Å²) in [6.45, 7) is 5.28. The molecule has 0 N–H and O–H groups in total. The van der Waals surface area contributed by atoms with Gasteiger partial charge in [-0.2, -0.15) is 0 Å². The zero-order chi connectivity index (χ0) is 23.2. The average molecular weight is 467 g/mol. The molecule has 172 valence electrons. The Morgan fingerprint density at radius 3 is 2.55 bits per heavy atom. The van der Waals surface area contributed by atoms with Gasteiger partial charge in [0.1, 0.15) is 5.65 Å². The maximum Gasteiger partial charge on any atom is 0.262 e. The second-order valence-electron chi connectivity index (χ2n) is 7.30. The number of hydrogen-bond donors (Lipinski definition) is 0. The first-order chi connectivity index (χ1) is 16.1. The van der Waals surface area contributed by atoms with Gasteiger partial charge in [0.05, 0.1) is 16.6 Å². The number of rotatable bonds is 10. The van der Waals surface area contributed by atoms with Crippen molar-refractivity contribution in [3.63, 3.8) is 0 Å². The molecule has 0 unspecified atom stereocenters. The van der Waals surface area contributed by atoms with Crippen molar-refractivity contribution >= 4 is 28.3 Å². The highest BCUT2D eigenvalue weighted by Gasteiger charge is 2.15. The van der Waals surface area contributed by atoms with Crippen LogP contribution in [0.15, 0.2) is 69.5 Å². The van der Waals surface area contributed by atoms with Crippen LogP contribution in [0.4, 0.5) is 0 Å². The van der Waals surface area contributed by atoms with Gasteiger partial charge in [-0.25, -0.2) is 9.97 Å². The molecule has 0 fully saturated rings. The minimum Gasteiger partial charge on any atom is -0.353 e. The van der Waals surface area contributed by atoms with Crippen LogP contribution in [0.5, 0.6) is 0 Å². The number of benzene rings is 1. The van der Waals surface area contributed by atoms with Crippen molar-refractivity contribution in [3.8, 4) is 0 Å². The van der Waals surface area contributed by atoms with E-state index in [0.717, 1.165) is 0 Å². The van der Waals surface area contributed by atoms with Crippen LogP contribution in [-0.2, 0) is 21.8 Å². The van der Waals surface area contributed by atoms with Gasteiger partial charge in [0, 0.05) is 44.2 Å². The van der Waals surface area contributed by atoms with Crippen LogP contribution in [0, 0.1) is 0 Å². The highest BCUT2D eigenvalue weighted by molar-refractivity contribution is 7.98. The van der Waals surface area contributed by atoms with E-state index >= 15 is 0 Å². The smallest absolute Gasteiger partial charge is 0.262 e. The zero-order valence-corrected chi connectivity index (χ0v) is 19.5. The molecule has 0 bridgehead atoms. The summed E-state index contributed by atoms with van der Waals surface area (Å²) < 4.78 is 14.4. The predicted molar refractivity (Wildman–Crippen MR) is 129 cm³/mol. The van der Waals surface area contributed by atoms with Gasteiger partial charge in [0.2, 0.25) is 0 Å². The second kappa shape index (κ2) is 10.7. The lowest BCUT2D eigenvalue weighted by Gasteiger charge is -2.19. The fourth-order valence-electron chi connectivity index (χ4n) is 3.59. The molecule has 0 saturated heterocycles. The molecule has 4 aromatic rings. The maximum absolute atomic E-state index is 13.3. The minimum absolute atomic E-state index is 0.110. The van der Waals surface area contributed by atoms with Crippen molar-refractivity contribution in [3.05, 3.63) is 81.1 Å². The van der Waals surface area contributed by atoms with Crippen LogP contribution >= 0.6 is 11.8 Å². The van der Waals surface area contributed by atoms with Gasteiger partial charge in [-0.15, -0.1) is 0 Å². The summed E-state index contributed by atoms with van der Waals surface area (Å²) in [7, 11) is 0. The summed E-state index contributed by atoms with van der Waals surface area (Å²) in [6, 6.07) is 14.2. The molecule has 0 saturated carbocycles. The Morgan fingerprint density at radius 2 is 1.76 bits per heavy atom. The first-order valence-electron chi connectivity index (χ1n) is 10.9. The van der Waals surface area contributed by atoms with Gasteiger partial charge < -0.3 is 9.47 Å². The molecule has 3 aromatic heterocycles. The number of para-hydroxylation sites is 1. The topological polar surface area (TPSA) is 87.7 Å². The SMILES string of the molecule is CCOC(CCn1c(SCc2cc(=O)n3ccccc3n2)nc2ccccc2c1=O)OCC. The largest absolute Gasteiger partial charge is 0.353 e. The molecule has 0 aliphatic heterocycles. The van der Waals surface area contributed by atoms with E-state index in [1.54, 1.807) is 29.0 Å². The van der Waals surface area contributed by atoms with Gasteiger partial charge in [-0.1, -0.05) is 30.0 Å². The Labute approximate surface area is 195 Å². The molecule has 8 nitrogen and oxygen atoms in total. The van der Waals surface area contributed by atoms with Crippen LogP contribution in [0.3, 0.4) is 0 Å². The number of fused-ring (bicyclic) bond motifs is 2. The summed E-state index contributed by atoms with van der Waals surface area (Å²) in [4.78, 5) is 35.0. The van der Waals surface area contributed by atoms with Crippen molar-refractivity contribution in [1.82, 2.24) is 18.9 Å². The molecule has 0 radical (unpaired) electrons. The first kappa shape index (κ1) is 23.2. The molecular weight excluding hydrogens is 440 g/mol. The van der Waals surface area contributed by atoms with E-state index < -0.39 is 6.29 Å². The highest BCUT2D eigenvalue weighted by atomic mass is 32.2. The number of hydrogen-bond acceptors (Lipinski definition) is 7. The normalized spacial score (nSPS) is 11.6. The van der Waals surface area contributed by atoms with E-state index in [1.807, 2.05) is 38.1 Å². The summed E-state index contributed by atoms with van der Waals surface area (Å²) in [5.41, 5.74) is 1.60. The lowest BCUT2D eigenvalue weighted by atomic mass is 10.2. The maximum atomic E-state index is 13.3. The highest BCUT2D eigenvalue weighted by Crippen LogP contribution is 2.22. The van der Waals surface area contributed by atoms with Crippen LogP contribution in [0.2, 0.25) is 0 Å². The zero-order valence-electron chi connectivity index (χ0n) is 18.6. The van der Waals surface area contributed by atoms with Crippen LogP contribution in [0.1, 0.15) is 26.0 Å². The second-order valence-corrected chi connectivity index (χ2v) is 8.24. The molecule has 0 aliphatic rings. The molecule has 0 atom stereocenters. The van der Waals surface area contributed by atoms with Gasteiger partial charge in [0.15, 0.2) is 11.4 Å². The standard InChI is InChI=1S/C24H26N4O4S/c1-3-31-22(32-4-2)12-14-28-23(30)18-9-5-6-10-19(18)26-24(28)33-16-17-15-21(29)27-13-8-7-11-20(27)25-17/h5-11,13,15,22H,3-4,12,14,16H2,1-2H3. The lowest BCUT2D eigenvalue weighted by molar-refractivity contribution is -0.141. The Bertz CT molecular complexity index is 1360. The Morgan fingerprint density at radius 1 is 1.00 bits per heavy atom. The summed E-state index contributed by atoms with van der Waals surface area (Å²) in [6.07, 6.45) is 1.82. The molecular formula is C24H26N4O4S. The fraction of sp³-hybridized carbons (Fsp3) is 0.333. The van der Waals surface area contributed by atoms with Gasteiger partial charge in [-0.05, 0) is 38.1 Å². The Hall–Kier alpha value is -3.01. The third-order valence-corrected chi connectivity index (χ3v) is 6.10. The quantitative estimate of drug-likeness (QED) is 0.201. The summed E-state index contributed by atoms with van der Waals surface area (Å²) in [5.74, 6) is 0.408. The number of aromatic nitrogens is 4. The van der Waals surface area contributed by atoms with Crippen LogP contribution in [-0.4, -0.2) is 38.4 Å². The van der Waals surface area contributed by atoms with Gasteiger partial charge >= 0.3 is 0 Å². The molecule has 3 heterocycles. The van der Waals surface area contributed by atoms with E-state index in [1.165, 1.54) is 22.2 Å². The summed E-state index contributed by atoms with van der Waals surface area (Å²) >= 11 is 1.38. The number of nitrogens with zero attached hydrogens (tertiary/aromatic N) is 4. The van der Waals surface area contributed by atoms with E-state index in [-0.39, 0.29) is 11.1 Å². The number of ether oxygens (including phenoxy) is 2. The van der Waals surface area contributed by atoms with E-state index in [4.69, 9.17) is 14.5 Å². The molecule has 9 heteroatoms. The average Bonchev–Trinajstić information content (AvgIpc) is 2.82. The number of thioether (sulfide) groups is 1. The van der Waals surface area contributed by atoms with Crippen molar-refractivity contribution < 1.29 is 9.47 Å². The van der Waals surface area contributed by atoms with Crippen molar-refractivity contribution in [2.75, 3.05) is 13.2 Å². The minimum atomic E-state index is -0.390. The van der Waals surface area contributed by atoms with Gasteiger partial charge in [0.25, 0.3) is 11.1 Å². The lowest BCUT2D eigenvalue weighted by Crippen LogP contribution is -2.27. The molecule has 0 amide bonds. The van der Waals surface area contributed by atoms with Crippen LogP contribution < -0.4 is 11.1 Å². The summed E-state index contributed by atoms with van der Waals surface area (Å²) in [5, 5.41) is 1.13. The third kappa shape index (κ3) is 5.32. The Kier molecular flexibility index (Phi) is 7.54. The first-order valence-corrected chi connectivity index (χ1v) is 11.9. The monoisotopic (exact) mass is 466 g/mol. The molecule has 0 aliphatic carbocycles. The third-order valence-electron chi connectivity index (χ3n) is 5.09. The molecule has 0 spiro atoms. The van der Waals surface area contributed by atoms with E-state index in [0.29, 0.717) is 59.3 Å². The van der Waals surface area contributed by atoms with Crippen molar-refractivity contribution in [1.29, 1.82) is 0 Å². The van der Waals surface area contributed by atoms with Crippen LogP contribution in [0.25, 0.3) is 16.6 Å². The molecule has 1 aromatic carbocycles. The van der Waals surface area contributed by atoms with E-state index in [2.05, 4.69) is 4.98 Å². The van der Waals surface area contributed by atoms with E-state index in [9.17, 15) is 9.59 Å². The Balaban J connectivity index is 1.65. The molecule has 4 rings (SSSR count). The number of pyridine rings is 1. The van der Waals surface area contributed by atoms with Crippen molar-refractivity contribution in [2.45, 2.75) is 44.0 Å². The fourth-order valence-corrected chi connectivity index (χ4v) is 4.51. The predicted octanol–water partition coefficient (Wildman–Crippen LogP) is 3.49.